The summed E-state index contributed by atoms with van der Waals surface area (Å²) in [7, 11) is 0. The van der Waals surface area contributed by atoms with E-state index in [0.29, 0.717) is 25.9 Å². The van der Waals surface area contributed by atoms with E-state index in [9.17, 15) is 9.59 Å². The summed E-state index contributed by atoms with van der Waals surface area (Å²) in [5.41, 5.74) is 0. The number of nitrogens with zero attached hydrogens (tertiary/aromatic N) is 1. The minimum Gasteiger partial charge on any atom is -0.481 e. The maximum Gasteiger partial charge on any atom is 0.306 e. The van der Waals surface area contributed by atoms with Gasteiger partial charge in [0, 0.05) is 12.6 Å². The zero-order valence-electron chi connectivity index (χ0n) is 10.9. The molecule has 1 saturated heterocycles. The Bertz CT molecular complexity index is 328. The van der Waals surface area contributed by atoms with Gasteiger partial charge in [0.25, 0.3) is 0 Å². The Kier molecular flexibility index (Phi) is 4.22. The fourth-order valence-electron chi connectivity index (χ4n) is 2.57. The Morgan fingerprint density at radius 3 is 2.61 bits per heavy atom. The third-order valence-corrected chi connectivity index (χ3v) is 3.95. The monoisotopic (exact) mass is 254 g/mol. The van der Waals surface area contributed by atoms with E-state index >= 15 is 0 Å². The molecule has 0 aromatic rings. The Labute approximate surface area is 108 Å². The largest absolute Gasteiger partial charge is 0.481 e. The molecular weight excluding hydrogens is 232 g/mol. The molecule has 2 rings (SSSR count). The molecule has 5 heteroatoms. The molecule has 0 radical (unpaired) electrons. The van der Waals surface area contributed by atoms with Gasteiger partial charge in [0.05, 0.1) is 12.5 Å². The van der Waals surface area contributed by atoms with Gasteiger partial charge in [-0.2, -0.15) is 0 Å². The second kappa shape index (κ2) is 5.69. The number of hydrogen-bond donors (Lipinski definition) is 2. The van der Waals surface area contributed by atoms with Crippen LogP contribution in [0, 0.1) is 11.8 Å². The zero-order valence-corrected chi connectivity index (χ0v) is 10.9. The van der Waals surface area contributed by atoms with Crippen LogP contribution in [-0.4, -0.2) is 47.6 Å². The molecule has 102 valence electrons. The predicted octanol–water partition coefficient (Wildman–Crippen LogP) is 0.698. The minimum absolute atomic E-state index is 0.0371. The molecular formula is C13H22N2O3. The van der Waals surface area contributed by atoms with Crippen LogP contribution in [0.3, 0.4) is 0 Å². The van der Waals surface area contributed by atoms with Crippen LogP contribution in [0.15, 0.2) is 0 Å². The Hall–Kier alpha value is -1.10. The quantitative estimate of drug-likeness (QED) is 0.757. The average molecular weight is 254 g/mol. The number of rotatable bonds is 5. The van der Waals surface area contributed by atoms with Gasteiger partial charge >= 0.3 is 5.97 Å². The van der Waals surface area contributed by atoms with Gasteiger partial charge in [-0.05, 0) is 45.1 Å². The van der Waals surface area contributed by atoms with Gasteiger partial charge in [-0.25, -0.2) is 0 Å². The molecule has 1 amide bonds. The van der Waals surface area contributed by atoms with Crippen molar-refractivity contribution in [3.63, 3.8) is 0 Å². The first-order valence-electron chi connectivity index (χ1n) is 6.81. The summed E-state index contributed by atoms with van der Waals surface area (Å²) in [6.45, 7) is 3.83. The molecule has 1 heterocycles. The second-order valence-corrected chi connectivity index (χ2v) is 5.57. The predicted molar refractivity (Wildman–Crippen MR) is 67.1 cm³/mol. The van der Waals surface area contributed by atoms with Crippen molar-refractivity contribution in [1.29, 1.82) is 0 Å². The first-order valence-corrected chi connectivity index (χ1v) is 6.81. The second-order valence-electron chi connectivity index (χ2n) is 5.57. The summed E-state index contributed by atoms with van der Waals surface area (Å²) in [5.74, 6) is -0.149. The summed E-state index contributed by atoms with van der Waals surface area (Å²) < 4.78 is 0. The number of amides is 1. The van der Waals surface area contributed by atoms with Gasteiger partial charge in [0.15, 0.2) is 0 Å². The first-order chi connectivity index (χ1) is 8.58. The molecule has 0 aromatic carbocycles. The van der Waals surface area contributed by atoms with Crippen LogP contribution in [0.4, 0.5) is 0 Å². The molecule has 2 aliphatic rings. The lowest BCUT2D eigenvalue weighted by atomic mass is 9.92. The van der Waals surface area contributed by atoms with Crippen molar-refractivity contribution in [3.8, 4) is 0 Å². The van der Waals surface area contributed by atoms with Crippen LogP contribution in [0.5, 0.6) is 0 Å². The molecule has 18 heavy (non-hydrogen) atoms. The number of aliphatic carboxylic acids is 1. The van der Waals surface area contributed by atoms with E-state index in [1.807, 2.05) is 11.8 Å². The summed E-state index contributed by atoms with van der Waals surface area (Å²) in [6, 6.07) is 0.0371. The first kappa shape index (κ1) is 13.3. The smallest absolute Gasteiger partial charge is 0.306 e. The van der Waals surface area contributed by atoms with Crippen LogP contribution >= 0.6 is 0 Å². The van der Waals surface area contributed by atoms with Crippen molar-refractivity contribution in [1.82, 2.24) is 10.2 Å². The maximum absolute atomic E-state index is 12.0. The molecule has 2 atom stereocenters. The molecule has 1 saturated carbocycles. The van der Waals surface area contributed by atoms with E-state index in [0.717, 1.165) is 12.5 Å². The third-order valence-electron chi connectivity index (χ3n) is 3.95. The molecule has 0 spiro atoms. The van der Waals surface area contributed by atoms with Crippen LogP contribution in [0.25, 0.3) is 0 Å². The fourth-order valence-corrected chi connectivity index (χ4v) is 2.57. The van der Waals surface area contributed by atoms with E-state index in [2.05, 4.69) is 5.32 Å². The van der Waals surface area contributed by atoms with Gasteiger partial charge in [0.1, 0.15) is 0 Å². The molecule has 2 fully saturated rings. The minimum atomic E-state index is -0.735. The summed E-state index contributed by atoms with van der Waals surface area (Å²) in [5, 5.41) is 12.2. The lowest BCUT2D eigenvalue weighted by molar-refractivity contribution is -0.147. The van der Waals surface area contributed by atoms with Crippen LogP contribution in [0.1, 0.15) is 32.6 Å². The van der Waals surface area contributed by atoms with Gasteiger partial charge < -0.3 is 15.3 Å². The number of carboxylic acids is 1. The standard InChI is InChI=1S/C13H22N2O3/c1-9-6-11(13(17)18)4-5-15(9)12(16)8-14-7-10-2-3-10/h9-11,14H,2-8H2,1H3,(H,17,18). The normalized spacial score (nSPS) is 28.2. The summed E-state index contributed by atoms with van der Waals surface area (Å²) in [4.78, 5) is 24.7. The lowest BCUT2D eigenvalue weighted by Gasteiger charge is -2.36. The highest BCUT2D eigenvalue weighted by atomic mass is 16.4. The van der Waals surface area contributed by atoms with Crippen LogP contribution in [-0.2, 0) is 9.59 Å². The van der Waals surface area contributed by atoms with E-state index in [4.69, 9.17) is 5.11 Å². The average Bonchev–Trinajstić information content (AvgIpc) is 3.12. The number of piperidine rings is 1. The zero-order chi connectivity index (χ0) is 13.1. The fraction of sp³-hybridized carbons (Fsp3) is 0.846. The number of carbonyl (C=O) groups is 2. The van der Waals surface area contributed by atoms with Crippen LogP contribution in [0.2, 0.25) is 0 Å². The molecule has 5 nitrogen and oxygen atoms in total. The number of carbonyl (C=O) groups excluding carboxylic acids is 1. The number of likely N-dealkylation sites (tertiary alicyclic amines) is 1. The van der Waals surface area contributed by atoms with Gasteiger partial charge in [-0.1, -0.05) is 0 Å². The van der Waals surface area contributed by atoms with Crippen molar-refractivity contribution in [2.75, 3.05) is 19.6 Å². The maximum atomic E-state index is 12.0. The Morgan fingerprint density at radius 1 is 1.33 bits per heavy atom. The number of carboxylic acid groups (broad SMARTS) is 1. The highest BCUT2D eigenvalue weighted by Crippen LogP contribution is 2.27. The highest BCUT2D eigenvalue weighted by Gasteiger charge is 2.32. The van der Waals surface area contributed by atoms with E-state index in [1.165, 1.54) is 12.8 Å². The number of nitrogens with one attached hydrogen (secondary N) is 1. The van der Waals surface area contributed by atoms with Crippen molar-refractivity contribution < 1.29 is 14.7 Å². The lowest BCUT2D eigenvalue weighted by Crippen LogP contribution is -2.49. The Balaban J connectivity index is 1.74. The molecule has 1 aliphatic carbocycles. The van der Waals surface area contributed by atoms with Gasteiger partial charge in [0.2, 0.25) is 5.91 Å². The van der Waals surface area contributed by atoms with Crippen LogP contribution < -0.4 is 5.32 Å². The van der Waals surface area contributed by atoms with E-state index in [1.54, 1.807) is 0 Å². The van der Waals surface area contributed by atoms with Crippen molar-refractivity contribution >= 4 is 11.9 Å². The number of hydrogen-bond acceptors (Lipinski definition) is 3. The molecule has 0 bridgehead atoms. The van der Waals surface area contributed by atoms with Crippen molar-refractivity contribution in [2.45, 2.75) is 38.6 Å². The Morgan fingerprint density at radius 2 is 2.06 bits per heavy atom. The highest BCUT2D eigenvalue weighted by molar-refractivity contribution is 5.79. The molecule has 0 aromatic heterocycles. The van der Waals surface area contributed by atoms with E-state index in [-0.39, 0.29) is 17.9 Å². The molecule has 2 N–H and O–H groups in total. The summed E-state index contributed by atoms with van der Waals surface area (Å²) >= 11 is 0. The summed E-state index contributed by atoms with van der Waals surface area (Å²) in [6.07, 6.45) is 3.71. The third kappa shape index (κ3) is 3.45. The van der Waals surface area contributed by atoms with Crippen molar-refractivity contribution in [3.05, 3.63) is 0 Å². The van der Waals surface area contributed by atoms with Crippen molar-refractivity contribution in [2.24, 2.45) is 11.8 Å². The van der Waals surface area contributed by atoms with Gasteiger partial charge in [-0.3, -0.25) is 9.59 Å². The molecule has 2 unspecified atom stereocenters. The SMILES string of the molecule is CC1CC(C(=O)O)CCN1C(=O)CNCC1CC1. The van der Waals surface area contributed by atoms with Gasteiger partial charge in [-0.15, -0.1) is 0 Å². The topological polar surface area (TPSA) is 69.6 Å². The molecule has 1 aliphatic heterocycles. The van der Waals surface area contributed by atoms with E-state index < -0.39 is 5.97 Å².